The van der Waals surface area contributed by atoms with E-state index in [-0.39, 0.29) is 0 Å². The SMILES string of the molecule is CCCOCN1CCN(Cc2cnc(Cl)s2)C1=N[N+](=O)[O-]. The number of ether oxygens (including phenoxy) is 1. The highest BCUT2D eigenvalue weighted by Crippen LogP contribution is 2.21. The van der Waals surface area contributed by atoms with Crippen molar-refractivity contribution >= 4 is 28.9 Å². The zero-order valence-corrected chi connectivity index (χ0v) is 13.1. The van der Waals surface area contributed by atoms with Gasteiger partial charge in [0.05, 0.1) is 6.54 Å². The molecule has 0 aliphatic carbocycles. The minimum Gasteiger partial charge on any atom is -0.361 e. The number of hydrogen-bond donors (Lipinski definition) is 0. The molecule has 0 N–H and O–H groups in total. The van der Waals surface area contributed by atoms with Crippen molar-refractivity contribution in [1.29, 1.82) is 0 Å². The van der Waals surface area contributed by atoms with Gasteiger partial charge in [0.2, 0.25) is 0 Å². The summed E-state index contributed by atoms with van der Waals surface area (Å²) in [6.07, 6.45) is 2.58. The molecular formula is C11H16ClN5O3S. The molecule has 1 aromatic heterocycles. The van der Waals surface area contributed by atoms with Gasteiger partial charge in [-0.05, 0) is 6.42 Å². The van der Waals surface area contributed by atoms with E-state index in [1.54, 1.807) is 11.1 Å². The summed E-state index contributed by atoms with van der Waals surface area (Å²) in [4.78, 5) is 19.2. The molecule has 1 aliphatic heterocycles. The fraction of sp³-hybridized carbons (Fsp3) is 0.636. The normalized spacial score (nSPS) is 17.0. The summed E-state index contributed by atoms with van der Waals surface area (Å²) in [5.74, 6) is 0.320. The molecule has 10 heteroatoms. The van der Waals surface area contributed by atoms with Crippen LogP contribution in [-0.4, -0.2) is 52.2 Å². The molecule has 116 valence electrons. The first kappa shape index (κ1) is 15.9. The van der Waals surface area contributed by atoms with E-state index >= 15 is 0 Å². The quantitative estimate of drug-likeness (QED) is 0.430. The van der Waals surface area contributed by atoms with E-state index in [1.165, 1.54) is 11.3 Å². The van der Waals surface area contributed by atoms with Gasteiger partial charge in [-0.15, -0.1) is 11.3 Å². The Bertz CT molecular complexity index is 524. The van der Waals surface area contributed by atoms with E-state index in [0.29, 0.717) is 43.4 Å². The summed E-state index contributed by atoms with van der Waals surface area (Å²) in [6.45, 7) is 4.73. The van der Waals surface area contributed by atoms with Crippen LogP contribution in [-0.2, 0) is 11.3 Å². The monoisotopic (exact) mass is 333 g/mol. The van der Waals surface area contributed by atoms with Gasteiger partial charge in [0.25, 0.3) is 5.96 Å². The Morgan fingerprint density at radius 2 is 2.33 bits per heavy atom. The van der Waals surface area contributed by atoms with Gasteiger partial charge in [0.1, 0.15) is 11.8 Å². The molecule has 1 saturated heterocycles. The summed E-state index contributed by atoms with van der Waals surface area (Å²) >= 11 is 7.16. The molecule has 1 aliphatic rings. The maximum Gasteiger partial charge on any atom is 0.276 e. The molecule has 0 saturated carbocycles. The number of nitro groups is 1. The summed E-state index contributed by atoms with van der Waals surface area (Å²) in [5, 5.41) is 13.5. The third kappa shape index (κ3) is 4.51. The second-order valence-corrected chi connectivity index (χ2v) is 6.14. The minimum atomic E-state index is -0.680. The Balaban J connectivity index is 2.04. The second-order valence-electron chi connectivity index (χ2n) is 4.44. The summed E-state index contributed by atoms with van der Waals surface area (Å²) in [7, 11) is 0. The van der Waals surface area contributed by atoms with Gasteiger partial charge in [-0.2, -0.15) is 0 Å². The van der Waals surface area contributed by atoms with Crippen LogP contribution in [0.2, 0.25) is 4.47 Å². The molecule has 1 aromatic rings. The Kier molecular flexibility index (Phi) is 5.71. The van der Waals surface area contributed by atoms with E-state index in [1.807, 2.05) is 11.8 Å². The van der Waals surface area contributed by atoms with Gasteiger partial charge in [-0.3, -0.25) is 0 Å². The van der Waals surface area contributed by atoms with Crippen LogP contribution in [0.5, 0.6) is 0 Å². The zero-order valence-electron chi connectivity index (χ0n) is 11.6. The molecule has 0 radical (unpaired) electrons. The Morgan fingerprint density at radius 1 is 1.57 bits per heavy atom. The maximum absolute atomic E-state index is 10.7. The highest BCUT2D eigenvalue weighted by Gasteiger charge is 2.30. The van der Waals surface area contributed by atoms with Gasteiger partial charge < -0.3 is 14.5 Å². The van der Waals surface area contributed by atoms with Crippen LogP contribution >= 0.6 is 22.9 Å². The fourth-order valence-electron chi connectivity index (χ4n) is 1.98. The molecule has 2 heterocycles. The lowest BCUT2D eigenvalue weighted by molar-refractivity contribution is -0.486. The topological polar surface area (TPSA) is 84.1 Å². The number of aromatic nitrogens is 1. The van der Waals surface area contributed by atoms with Crippen molar-refractivity contribution in [2.24, 2.45) is 5.10 Å². The Morgan fingerprint density at radius 3 is 2.95 bits per heavy atom. The smallest absolute Gasteiger partial charge is 0.276 e. The van der Waals surface area contributed by atoms with Crippen molar-refractivity contribution < 1.29 is 9.77 Å². The van der Waals surface area contributed by atoms with Crippen LogP contribution in [0.4, 0.5) is 0 Å². The third-order valence-electron chi connectivity index (χ3n) is 2.84. The van der Waals surface area contributed by atoms with Gasteiger partial charge in [0, 0.05) is 30.8 Å². The predicted octanol–water partition coefficient (Wildman–Crippen LogP) is 1.85. The summed E-state index contributed by atoms with van der Waals surface area (Å²) in [5.41, 5.74) is 0. The lowest BCUT2D eigenvalue weighted by Crippen LogP contribution is -2.35. The summed E-state index contributed by atoms with van der Waals surface area (Å²) in [6, 6.07) is 0. The number of rotatable bonds is 7. The number of hydrogen-bond acceptors (Lipinski definition) is 5. The molecule has 0 bridgehead atoms. The molecule has 0 aromatic carbocycles. The first-order chi connectivity index (χ1) is 10.1. The van der Waals surface area contributed by atoms with E-state index in [4.69, 9.17) is 16.3 Å². The number of halogens is 1. The maximum atomic E-state index is 10.7. The van der Waals surface area contributed by atoms with E-state index in [9.17, 15) is 10.1 Å². The largest absolute Gasteiger partial charge is 0.361 e. The van der Waals surface area contributed by atoms with Crippen LogP contribution in [0.3, 0.4) is 0 Å². The second kappa shape index (κ2) is 7.53. The van der Waals surface area contributed by atoms with Crippen LogP contribution < -0.4 is 0 Å². The Labute approximate surface area is 131 Å². The molecular weight excluding hydrogens is 318 g/mol. The van der Waals surface area contributed by atoms with E-state index in [2.05, 4.69) is 10.1 Å². The molecule has 0 spiro atoms. The first-order valence-corrected chi connectivity index (χ1v) is 7.70. The van der Waals surface area contributed by atoms with Crippen LogP contribution in [0, 0.1) is 10.1 Å². The average molecular weight is 334 g/mol. The zero-order chi connectivity index (χ0) is 15.2. The molecule has 2 rings (SSSR count). The number of thiazole rings is 1. The highest BCUT2D eigenvalue weighted by molar-refractivity contribution is 7.15. The molecule has 0 atom stereocenters. The van der Waals surface area contributed by atoms with Crippen LogP contribution in [0.15, 0.2) is 11.3 Å². The average Bonchev–Trinajstić information content (AvgIpc) is 2.99. The van der Waals surface area contributed by atoms with Gasteiger partial charge in [0.15, 0.2) is 9.50 Å². The van der Waals surface area contributed by atoms with Crippen molar-refractivity contribution in [2.45, 2.75) is 19.9 Å². The number of guanidine groups is 1. The van der Waals surface area contributed by atoms with Crippen LogP contribution in [0.1, 0.15) is 18.2 Å². The lowest BCUT2D eigenvalue weighted by Gasteiger charge is -2.19. The Hall–Kier alpha value is -1.45. The van der Waals surface area contributed by atoms with Crippen molar-refractivity contribution in [2.75, 3.05) is 26.4 Å². The van der Waals surface area contributed by atoms with E-state index < -0.39 is 5.03 Å². The summed E-state index contributed by atoms with van der Waals surface area (Å²) < 4.78 is 5.90. The van der Waals surface area contributed by atoms with E-state index in [0.717, 1.165) is 11.3 Å². The third-order valence-corrected chi connectivity index (χ3v) is 3.94. The van der Waals surface area contributed by atoms with Crippen molar-refractivity contribution in [3.05, 3.63) is 25.7 Å². The van der Waals surface area contributed by atoms with Gasteiger partial charge in [-0.1, -0.05) is 18.5 Å². The standard InChI is InChI=1S/C11H16ClN5O3S/c1-2-5-20-8-16-4-3-15(11(16)14-17(18)19)7-9-6-13-10(12)21-9/h6H,2-5,7-8H2,1H3. The first-order valence-electron chi connectivity index (χ1n) is 6.51. The van der Waals surface area contributed by atoms with Crippen molar-refractivity contribution in [3.63, 3.8) is 0 Å². The number of hydrazone groups is 1. The van der Waals surface area contributed by atoms with Gasteiger partial charge >= 0.3 is 0 Å². The predicted molar refractivity (Wildman–Crippen MR) is 79.8 cm³/mol. The molecule has 1 fully saturated rings. The number of nitrogens with zero attached hydrogens (tertiary/aromatic N) is 5. The van der Waals surface area contributed by atoms with Gasteiger partial charge in [-0.25, -0.2) is 15.1 Å². The molecule has 0 amide bonds. The lowest BCUT2D eigenvalue weighted by atomic mass is 10.5. The minimum absolute atomic E-state index is 0.306. The molecule has 21 heavy (non-hydrogen) atoms. The van der Waals surface area contributed by atoms with Crippen molar-refractivity contribution in [3.8, 4) is 0 Å². The molecule has 0 unspecified atom stereocenters. The highest BCUT2D eigenvalue weighted by atomic mass is 35.5. The van der Waals surface area contributed by atoms with Crippen LogP contribution in [0.25, 0.3) is 0 Å². The van der Waals surface area contributed by atoms with Crippen molar-refractivity contribution in [1.82, 2.24) is 14.8 Å². The fourth-order valence-corrected chi connectivity index (χ4v) is 2.97. The molecule has 8 nitrogen and oxygen atoms in total.